The number of nitrogens with one attached hydrogen (secondary N) is 1. The zero-order valence-electron chi connectivity index (χ0n) is 19.1. The SMILES string of the molecule is Fc1cc(F)c(OCc2ccccc2C2CCNCC2)c(F)c1.NC[C@H](O)c1ccc(O)c(O)c1. The predicted octanol–water partition coefficient (Wildman–Crippen LogP) is 4.24. The maximum Gasteiger partial charge on any atom is 0.191 e. The van der Waals surface area contributed by atoms with E-state index < -0.39 is 29.3 Å². The predicted molar refractivity (Wildman–Crippen MR) is 126 cm³/mol. The van der Waals surface area contributed by atoms with Crippen molar-refractivity contribution in [3.05, 3.63) is 88.7 Å². The molecule has 6 nitrogen and oxygen atoms in total. The summed E-state index contributed by atoms with van der Waals surface area (Å²) >= 11 is 0. The van der Waals surface area contributed by atoms with E-state index in [0.717, 1.165) is 37.1 Å². The largest absolute Gasteiger partial charge is 0.504 e. The average molecular weight is 491 g/mol. The fourth-order valence-corrected chi connectivity index (χ4v) is 3.90. The summed E-state index contributed by atoms with van der Waals surface area (Å²) in [4.78, 5) is 0. The van der Waals surface area contributed by atoms with E-state index in [2.05, 4.69) is 5.32 Å². The molecule has 9 heteroatoms. The van der Waals surface area contributed by atoms with Crippen LogP contribution in [0.3, 0.4) is 0 Å². The van der Waals surface area contributed by atoms with Crippen molar-refractivity contribution in [2.45, 2.75) is 31.5 Å². The zero-order chi connectivity index (χ0) is 25.4. The Balaban J connectivity index is 0.000000241. The molecule has 0 unspecified atom stereocenters. The van der Waals surface area contributed by atoms with Crippen LogP contribution in [0.15, 0.2) is 54.6 Å². The fraction of sp³-hybridized carbons (Fsp3) is 0.308. The third-order valence-corrected chi connectivity index (χ3v) is 5.78. The number of aromatic hydroxyl groups is 2. The molecule has 1 heterocycles. The Hall–Kier alpha value is -3.27. The normalized spacial score (nSPS) is 14.7. The van der Waals surface area contributed by atoms with Crippen LogP contribution >= 0.6 is 0 Å². The average Bonchev–Trinajstić information content (AvgIpc) is 2.86. The van der Waals surface area contributed by atoms with Gasteiger partial charge < -0.3 is 31.1 Å². The Kier molecular flexibility index (Phi) is 9.36. The lowest BCUT2D eigenvalue weighted by Crippen LogP contribution is -2.27. The van der Waals surface area contributed by atoms with Crippen LogP contribution < -0.4 is 15.8 Å². The molecule has 0 spiro atoms. The summed E-state index contributed by atoms with van der Waals surface area (Å²) in [5, 5.41) is 30.5. The van der Waals surface area contributed by atoms with Gasteiger partial charge in [0, 0.05) is 18.7 Å². The first-order valence-electron chi connectivity index (χ1n) is 11.3. The van der Waals surface area contributed by atoms with Crippen LogP contribution in [0.2, 0.25) is 0 Å². The summed E-state index contributed by atoms with van der Waals surface area (Å²) in [5.74, 6) is -3.58. The van der Waals surface area contributed by atoms with Gasteiger partial charge >= 0.3 is 0 Å². The van der Waals surface area contributed by atoms with Crippen LogP contribution in [-0.2, 0) is 6.61 Å². The summed E-state index contributed by atoms with van der Waals surface area (Å²) in [6.07, 6.45) is 1.25. The second-order valence-electron chi connectivity index (χ2n) is 8.21. The highest BCUT2D eigenvalue weighted by atomic mass is 19.1. The number of rotatable bonds is 6. The highest BCUT2D eigenvalue weighted by molar-refractivity contribution is 5.41. The van der Waals surface area contributed by atoms with Crippen molar-refractivity contribution in [3.8, 4) is 17.2 Å². The number of aliphatic hydroxyl groups is 1. The summed E-state index contributed by atoms with van der Waals surface area (Å²) in [6.45, 7) is 2.06. The van der Waals surface area contributed by atoms with Crippen LogP contribution in [0.5, 0.6) is 17.2 Å². The van der Waals surface area contributed by atoms with Gasteiger partial charge in [0.2, 0.25) is 0 Å². The summed E-state index contributed by atoms with van der Waals surface area (Å²) in [7, 11) is 0. The van der Waals surface area contributed by atoms with Crippen molar-refractivity contribution in [3.63, 3.8) is 0 Å². The van der Waals surface area contributed by atoms with Gasteiger partial charge in [0.1, 0.15) is 12.4 Å². The van der Waals surface area contributed by atoms with Crippen LogP contribution in [0.1, 0.15) is 41.6 Å². The topological polar surface area (TPSA) is 108 Å². The molecule has 1 atom stereocenters. The number of phenolic OH excluding ortho intramolecular Hbond substituents is 2. The lowest BCUT2D eigenvalue weighted by molar-refractivity contribution is 0.186. The number of phenols is 2. The lowest BCUT2D eigenvalue weighted by Gasteiger charge is -2.25. The number of ether oxygens (including phenoxy) is 1. The van der Waals surface area contributed by atoms with E-state index >= 15 is 0 Å². The van der Waals surface area contributed by atoms with Crippen molar-refractivity contribution in [1.82, 2.24) is 5.32 Å². The van der Waals surface area contributed by atoms with E-state index in [4.69, 9.17) is 20.7 Å². The molecule has 1 aliphatic rings. The highest BCUT2D eigenvalue weighted by Gasteiger charge is 2.19. The molecule has 0 aromatic heterocycles. The molecule has 0 bridgehead atoms. The Morgan fingerprint density at radius 2 is 1.60 bits per heavy atom. The first-order valence-corrected chi connectivity index (χ1v) is 11.3. The lowest BCUT2D eigenvalue weighted by atomic mass is 9.87. The number of nitrogens with two attached hydrogens (primary N) is 1. The van der Waals surface area contributed by atoms with Crippen molar-refractivity contribution >= 4 is 0 Å². The van der Waals surface area contributed by atoms with E-state index in [9.17, 15) is 18.3 Å². The number of halogens is 3. The standard InChI is InChI=1S/C18H18F3NO.C8H11NO3/c19-14-9-16(20)18(17(21)10-14)23-11-13-3-1-2-4-15(13)12-5-7-22-8-6-12;9-4-8(12)5-1-2-6(10)7(11)3-5/h1-4,9-10,12,22H,5-8,11H2;1-3,8,10-12H,4,9H2/t;8-/m.0/s1. The molecule has 1 fully saturated rings. The third-order valence-electron chi connectivity index (χ3n) is 5.78. The molecule has 3 aromatic carbocycles. The minimum Gasteiger partial charge on any atom is -0.504 e. The van der Waals surface area contributed by atoms with Crippen molar-refractivity contribution in [1.29, 1.82) is 0 Å². The number of piperidine rings is 1. The molecular weight excluding hydrogens is 461 g/mol. The Morgan fingerprint density at radius 3 is 2.23 bits per heavy atom. The summed E-state index contributed by atoms with van der Waals surface area (Å²) in [6, 6.07) is 13.1. The van der Waals surface area contributed by atoms with Gasteiger partial charge in [-0.3, -0.25) is 0 Å². The molecule has 188 valence electrons. The monoisotopic (exact) mass is 490 g/mol. The van der Waals surface area contributed by atoms with Crippen LogP contribution in [0.4, 0.5) is 13.2 Å². The van der Waals surface area contributed by atoms with Crippen molar-refractivity contribution < 1.29 is 33.2 Å². The first-order chi connectivity index (χ1) is 16.8. The third kappa shape index (κ3) is 7.11. The van der Waals surface area contributed by atoms with Gasteiger partial charge in [-0.2, -0.15) is 0 Å². The van der Waals surface area contributed by atoms with Gasteiger partial charge in [-0.05, 0) is 60.7 Å². The number of hydrogen-bond acceptors (Lipinski definition) is 6. The van der Waals surface area contributed by atoms with Crippen LogP contribution in [0.25, 0.3) is 0 Å². The molecule has 0 amide bonds. The molecule has 1 aliphatic heterocycles. The van der Waals surface area contributed by atoms with Gasteiger partial charge in [-0.25, -0.2) is 13.2 Å². The van der Waals surface area contributed by atoms with Crippen LogP contribution in [0, 0.1) is 17.5 Å². The quantitative estimate of drug-likeness (QED) is 0.331. The molecule has 3 aromatic rings. The van der Waals surface area contributed by atoms with Gasteiger partial charge in [0.05, 0.1) is 6.10 Å². The smallest absolute Gasteiger partial charge is 0.191 e. The van der Waals surface area contributed by atoms with Crippen LogP contribution in [-0.4, -0.2) is 35.0 Å². The first kappa shape index (κ1) is 26.3. The molecule has 35 heavy (non-hydrogen) atoms. The summed E-state index contributed by atoms with van der Waals surface area (Å²) in [5.41, 5.74) is 7.75. The van der Waals surface area contributed by atoms with Crippen molar-refractivity contribution in [2.24, 2.45) is 5.73 Å². The van der Waals surface area contributed by atoms with Gasteiger partial charge in [-0.15, -0.1) is 0 Å². The van der Waals surface area contributed by atoms with Gasteiger partial charge in [0.15, 0.2) is 28.9 Å². The fourth-order valence-electron chi connectivity index (χ4n) is 3.90. The molecule has 1 saturated heterocycles. The molecular formula is C26H29F3N2O4. The minimum atomic E-state index is -1.03. The van der Waals surface area contributed by atoms with E-state index in [1.165, 1.54) is 18.2 Å². The maximum atomic E-state index is 13.7. The Labute approximate surface area is 201 Å². The Bertz CT molecular complexity index is 1100. The van der Waals surface area contributed by atoms with Crippen molar-refractivity contribution in [2.75, 3.05) is 19.6 Å². The minimum absolute atomic E-state index is 0.0551. The number of benzene rings is 3. The molecule has 0 aliphatic carbocycles. The molecule has 0 saturated carbocycles. The van der Waals surface area contributed by atoms with E-state index in [-0.39, 0.29) is 24.7 Å². The Morgan fingerprint density at radius 1 is 0.943 bits per heavy atom. The van der Waals surface area contributed by atoms with E-state index in [1.54, 1.807) is 0 Å². The molecule has 0 radical (unpaired) electrons. The number of aliphatic hydroxyl groups excluding tert-OH is 1. The summed E-state index contributed by atoms with van der Waals surface area (Å²) < 4.78 is 45.6. The second kappa shape index (κ2) is 12.4. The zero-order valence-corrected chi connectivity index (χ0v) is 19.1. The van der Waals surface area contributed by atoms with Gasteiger partial charge in [0.25, 0.3) is 0 Å². The van der Waals surface area contributed by atoms with Gasteiger partial charge in [-0.1, -0.05) is 30.3 Å². The number of hydrogen-bond donors (Lipinski definition) is 5. The highest BCUT2D eigenvalue weighted by Crippen LogP contribution is 2.30. The van der Waals surface area contributed by atoms with E-state index in [0.29, 0.717) is 23.6 Å². The molecule has 6 N–H and O–H groups in total. The second-order valence-corrected chi connectivity index (χ2v) is 8.21. The van der Waals surface area contributed by atoms with E-state index in [1.807, 2.05) is 24.3 Å². The molecule has 4 rings (SSSR count). The maximum absolute atomic E-state index is 13.7.